The third-order valence-corrected chi connectivity index (χ3v) is 4.01. The van der Waals surface area contributed by atoms with E-state index in [0.717, 1.165) is 5.56 Å². The van der Waals surface area contributed by atoms with E-state index in [1.165, 1.54) is 12.3 Å². The molecule has 2 heterocycles. The molecule has 28 heavy (non-hydrogen) atoms. The number of nitrogens with zero attached hydrogens (tertiary/aromatic N) is 2. The van der Waals surface area contributed by atoms with Gasteiger partial charge in [-0.1, -0.05) is 11.6 Å². The molecule has 0 aliphatic heterocycles. The van der Waals surface area contributed by atoms with E-state index in [2.05, 4.69) is 10.3 Å². The molecule has 0 bridgehead atoms. The second-order valence-corrected chi connectivity index (χ2v) is 6.37. The van der Waals surface area contributed by atoms with E-state index >= 15 is 0 Å². The van der Waals surface area contributed by atoms with Crippen molar-refractivity contribution in [1.82, 2.24) is 10.3 Å². The summed E-state index contributed by atoms with van der Waals surface area (Å²) in [5.41, 5.74) is 1.20. The maximum atomic E-state index is 12.0. The first kappa shape index (κ1) is 19.4. The zero-order valence-electron chi connectivity index (χ0n) is 14.8. The minimum absolute atomic E-state index is 0.152. The van der Waals surface area contributed by atoms with Crippen molar-refractivity contribution in [3.8, 4) is 17.2 Å². The smallest absolute Gasteiger partial charge is 0.331 e. The van der Waals surface area contributed by atoms with Gasteiger partial charge < -0.3 is 14.5 Å². The predicted molar refractivity (Wildman–Crippen MR) is 102 cm³/mol. The lowest BCUT2D eigenvalue weighted by molar-refractivity contribution is -0.386. The van der Waals surface area contributed by atoms with Crippen molar-refractivity contribution < 1.29 is 18.9 Å². The number of carbonyl (C=O) groups is 1. The van der Waals surface area contributed by atoms with Crippen molar-refractivity contribution in [2.45, 2.75) is 13.5 Å². The molecule has 0 saturated heterocycles. The highest BCUT2D eigenvalue weighted by Gasteiger charge is 2.18. The third kappa shape index (κ3) is 4.86. The first-order valence-corrected chi connectivity index (χ1v) is 8.65. The number of hydrogen-bond donors (Lipinski definition) is 1. The Morgan fingerprint density at radius 1 is 1.29 bits per heavy atom. The number of furan rings is 1. The van der Waals surface area contributed by atoms with Crippen LogP contribution in [0.15, 0.2) is 53.1 Å². The molecule has 8 nitrogen and oxygen atoms in total. The van der Waals surface area contributed by atoms with Gasteiger partial charge in [0.15, 0.2) is 6.61 Å². The molecule has 0 radical (unpaired) electrons. The second kappa shape index (κ2) is 8.53. The van der Waals surface area contributed by atoms with Crippen molar-refractivity contribution in [3.05, 3.63) is 75.1 Å². The maximum absolute atomic E-state index is 12.0. The first-order valence-electron chi connectivity index (χ1n) is 8.27. The number of rotatable bonds is 7. The minimum atomic E-state index is -0.603. The number of nitrogens with one attached hydrogen (secondary N) is 1. The number of benzene rings is 1. The number of pyridine rings is 1. The summed E-state index contributed by atoms with van der Waals surface area (Å²) in [6.07, 6.45) is 1.43. The summed E-state index contributed by atoms with van der Waals surface area (Å²) in [5.74, 6) is 0.546. The van der Waals surface area contributed by atoms with Crippen LogP contribution in [0, 0.1) is 17.0 Å². The number of ether oxygens (including phenoxy) is 1. The van der Waals surface area contributed by atoms with Crippen molar-refractivity contribution in [2.75, 3.05) is 6.61 Å². The van der Waals surface area contributed by atoms with Gasteiger partial charge in [-0.15, -0.1) is 0 Å². The number of halogens is 1. The predicted octanol–water partition coefficient (Wildman–Crippen LogP) is 3.91. The Morgan fingerprint density at radius 3 is 2.75 bits per heavy atom. The Hall–Kier alpha value is -3.39. The summed E-state index contributed by atoms with van der Waals surface area (Å²) < 4.78 is 10.9. The van der Waals surface area contributed by atoms with Crippen LogP contribution in [0.1, 0.15) is 11.3 Å². The molecule has 3 rings (SSSR count). The minimum Gasteiger partial charge on any atom is -0.463 e. The van der Waals surface area contributed by atoms with E-state index in [4.69, 9.17) is 20.8 Å². The molecule has 0 unspecified atom stereocenters. The van der Waals surface area contributed by atoms with Crippen LogP contribution in [0.5, 0.6) is 5.88 Å². The van der Waals surface area contributed by atoms with E-state index < -0.39 is 17.4 Å². The van der Waals surface area contributed by atoms with E-state index in [9.17, 15) is 14.9 Å². The lowest BCUT2D eigenvalue weighted by Gasteiger charge is -2.06. The summed E-state index contributed by atoms with van der Waals surface area (Å²) in [4.78, 5) is 26.3. The monoisotopic (exact) mass is 401 g/mol. The molecule has 144 valence electrons. The first-order chi connectivity index (χ1) is 13.4. The van der Waals surface area contributed by atoms with Crippen molar-refractivity contribution in [1.29, 1.82) is 0 Å². The third-order valence-electron chi connectivity index (χ3n) is 3.76. The highest BCUT2D eigenvalue weighted by atomic mass is 35.5. The summed E-state index contributed by atoms with van der Waals surface area (Å²) in [7, 11) is 0. The van der Waals surface area contributed by atoms with Gasteiger partial charge in [0.25, 0.3) is 11.8 Å². The molecular weight excluding hydrogens is 386 g/mol. The average Bonchev–Trinajstić information content (AvgIpc) is 3.15. The van der Waals surface area contributed by atoms with Gasteiger partial charge in [-0.05, 0) is 48.9 Å². The van der Waals surface area contributed by atoms with Gasteiger partial charge >= 0.3 is 5.69 Å². The Morgan fingerprint density at radius 2 is 2.04 bits per heavy atom. The standard InChI is InChI=1S/C19H16ClN3O5/c1-12-8-16(23(25)26)19(22-9-12)27-11-18(24)21-10-15-6-7-17(28-15)13-2-4-14(20)5-3-13/h2-9H,10-11H2,1H3,(H,21,24). The zero-order valence-corrected chi connectivity index (χ0v) is 15.6. The summed E-state index contributed by atoms with van der Waals surface area (Å²) in [6, 6.07) is 12.1. The van der Waals surface area contributed by atoms with E-state index in [1.54, 1.807) is 31.2 Å². The molecule has 0 fully saturated rings. The molecule has 1 aromatic carbocycles. The van der Waals surface area contributed by atoms with Gasteiger partial charge in [0.2, 0.25) is 0 Å². The molecule has 0 aliphatic rings. The highest BCUT2D eigenvalue weighted by molar-refractivity contribution is 6.30. The molecule has 2 aromatic heterocycles. The normalized spacial score (nSPS) is 10.5. The Bertz CT molecular complexity index is 1000. The molecule has 0 aliphatic carbocycles. The highest BCUT2D eigenvalue weighted by Crippen LogP contribution is 2.25. The topological polar surface area (TPSA) is 108 Å². The van der Waals surface area contributed by atoms with Crippen LogP contribution in [0.2, 0.25) is 5.02 Å². The lowest BCUT2D eigenvalue weighted by atomic mass is 10.2. The fourth-order valence-corrected chi connectivity index (χ4v) is 2.52. The second-order valence-electron chi connectivity index (χ2n) is 5.93. The van der Waals surface area contributed by atoms with Crippen molar-refractivity contribution in [3.63, 3.8) is 0 Å². The lowest BCUT2D eigenvalue weighted by Crippen LogP contribution is -2.28. The van der Waals surface area contributed by atoms with Crippen LogP contribution in [0.3, 0.4) is 0 Å². The number of aromatic nitrogens is 1. The van der Waals surface area contributed by atoms with Gasteiger partial charge in [0.1, 0.15) is 11.5 Å². The molecule has 0 saturated carbocycles. The molecule has 9 heteroatoms. The Labute approximate surface area is 165 Å². The Kier molecular flexibility index (Phi) is 5.90. The van der Waals surface area contributed by atoms with E-state index in [-0.39, 0.29) is 18.1 Å². The number of hydrogen-bond acceptors (Lipinski definition) is 6. The van der Waals surface area contributed by atoms with Crippen LogP contribution >= 0.6 is 11.6 Å². The number of amides is 1. The fourth-order valence-electron chi connectivity index (χ4n) is 2.40. The number of aryl methyl sites for hydroxylation is 1. The van der Waals surface area contributed by atoms with Crippen LogP contribution in [-0.4, -0.2) is 22.4 Å². The average molecular weight is 402 g/mol. The van der Waals surface area contributed by atoms with Crippen LogP contribution in [0.4, 0.5) is 5.69 Å². The SMILES string of the molecule is Cc1cnc(OCC(=O)NCc2ccc(-c3ccc(Cl)cc3)o2)c([N+](=O)[O-])c1. The van der Waals surface area contributed by atoms with Crippen molar-refractivity contribution >= 4 is 23.2 Å². The largest absolute Gasteiger partial charge is 0.463 e. The summed E-state index contributed by atoms with van der Waals surface area (Å²) in [6.45, 7) is 1.43. The van der Waals surface area contributed by atoms with Crippen LogP contribution in [0.25, 0.3) is 11.3 Å². The molecule has 3 aromatic rings. The molecule has 0 spiro atoms. The maximum Gasteiger partial charge on any atom is 0.331 e. The molecule has 1 amide bonds. The fraction of sp³-hybridized carbons (Fsp3) is 0.158. The van der Waals surface area contributed by atoms with E-state index in [1.807, 2.05) is 12.1 Å². The number of carbonyl (C=O) groups excluding carboxylic acids is 1. The quantitative estimate of drug-likeness (QED) is 0.475. The summed E-state index contributed by atoms with van der Waals surface area (Å²) in [5, 5.41) is 14.3. The van der Waals surface area contributed by atoms with Crippen LogP contribution < -0.4 is 10.1 Å². The molecule has 0 atom stereocenters. The Balaban J connectivity index is 1.54. The van der Waals surface area contributed by atoms with E-state index in [0.29, 0.717) is 22.1 Å². The molecule has 1 N–H and O–H groups in total. The molecular formula is C19H16ClN3O5. The zero-order chi connectivity index (χ0) is 20.1. The number of nitro groups is 1. The van der Waals surface area contributed by atoms with Crippen LogP contribution in [-0.2, 0) is 11.3 Å². The van der Waals surface area contributed by atoms with Gasteiger partial charge in [-0.2, -0.15) is 0 Å². The van der Waals surface area contributed by atoms with Gasteiger partial charge in [-0.3, -0.25) is 14.9 Å². The van der Waals surface area contributed by atoms with Gasteiger partial charge in [-0.25, -0.2) is 4.98 Å². The van der Waals surface area contributed by atoms with Gasteiger partial charge in [0, 0.05) is 22.8 Å². The van der Waals surface area contributed by atoms with Gasteiger partial charge in [0.05, 0.1) is 11.5 Å². The summed E-state index contributed by atoms with van der Waals surface area (Å²) >= 11 is 5.87. The van der Waals surface area contributed by atoms with Crippen molar-refractivity contribution in [2.24, 2.45) is 0 Å².